The minimum absolute atomic E-state index is 0.343. The molecule has 1 saturated heterocycles. The molecule has 1 N–H and O–H groups in total. The fraction of sp³-hybridized carbons (Fsp3) is 0.429. The molecular weight excluding hydrogens is 298 g/mol. The summed E-state index contributed by atoms with van der Waals surface area (Å²) in [6, 6.07) is 18.8. The molecule has 0 amide bonds. The van der Waals surface area contributed by atoms with Crippen LogP contribution < -0.4 is 4.74 Å². The van der Waals surface area contributed by atoms with E-state index in [2.05, 4.69) is 24.0 Å². The fourth-order valence-corrected chi connectivity index (χ4v) is 3.64. The van der Waals surface area contributed by atoms with Crippen LogP contribution in [0.4, 0.5) is 0 Å². The molecule has 1 aliphatic rings. The van der Waals surface area contributed by atoms with Crippen molar-refractivity contribution >= 4 is 0 Å². The van der Waals surface area contributed by atoms with Gasteiger partial charge in [-0.3, -0.25) is 4.90 Å². The third-order valence-electron chi connectivity index (χ3n) is 5.31. The summed E-state index contributed by atoms with van der Waals surface area (Å²) in [5.74, 6) is 1.25. The Kier molecular flexibility index (Phi) is 5.54. The van der Waals surface area contributed by atoms with Crippen molar-refractivity contribution in [2.45, 2.75) is 31.9 Å². The Bertz CT molecular complexity index is 618. The molecule has 2 unspecified atom stereocenters. The Morgan fingerprint density at radius 2 is 1.58 bits per heavy atom. The average molecular weight is 325 g/mol. The minimum atomic E-state index is -0.343. The molecule has 1 aliphatic heterocycles. The summed E-state index contributed by atoms with van der Waals surface area (Å²) < 4.78 is 5.24. The van der Waals surface area contributed by atoms with Crippen LogP contribution in [0.2, 0.25) is 0 Å². The van der Waals surface area contributed by atoms with E-state index in [1.54, 1.807) is 7.11 Å². The van der Waals surface area contributed by atoms with E-state index in [0.29, 0.717) is 12.0 Å². The van der Waals surface area contributed by atoms with Crippen LogP contribution in [0.5, 0.6) is 5.75 Å². The maximum absolute atomic E-state index is 10.6. The SMILES string of the molecule is COc1ccc(C(C)N2CCC(C(O)c3ccccc3)CC2)cc1. The van der Waals surface area contributed by atoms with E-state index in [1.165, 1.54) is 5.56 Å². The lowest BCUT2D eigenvalue weighted by atomic mass is 9.86. The zero-order chi connectivity index (χ0) is 16.9. The van der Waals surface area contributed by atoms with Gasteiger partial charge in [-0.15, -0.1) is 0 Å². The van der Waals surface area contributed by atoms with Crippen molar-refractivity contribution in [2.75, 3.05) is 20.2 Å². The van der Waals surface area contributed by atoms with Crippen molar-refractivity contribution in [1.29, 1.82) is 0 Å². The van der Waals surface area contributed by atoms with Crippen LogP contribution in [0.25, 0.3) is 0 Å². The number of aliphatic hydroxyl groups excluding tert-OH is 1. The summed E-state index contributed by atoms with van der Waals surface area (Å²) in [7, 11) is 1.70. The van der Waals surface area contributed by atoms with Crippen LogP contribution in [0.1, 0.15) is 43.0 Å². The summed E-state index contributed by atoms with van der Waals surface area (Å²) in [6.07, 6.45) is 1.73. The molecule has 0 spiro atoms. The van der Waals surface area contributed by atoms with Crippen LogP contribution in [0.3, 0.4) is 0 Å². The standard InChI is InChI=1S/C21H27NO2/c1-16(17-8-10-20(24-2)11-9-17)22-14-12-19(13-15-22)21(23)18-6-4-3-5-7-18/h3-11,16,19,21,23H,12-15H2,1-2H3. The second kappa shape index (κ2) is 7.82. The molecule has 3 rings (SSSR count). The quantitative estimate of drug-likeness (QED) is 0.894. The molecule has 2 atom stereocenters. The Hall–Kier alpha value is -1.84. The highest BCUT2D eigenvalue weighted by Gasteiger charge is 2.28. The molecule has 128 valence electrons. The molecule has 0 aliphatic carbocycles. The molecule has 24 heavy (non-hydrogen) atoms. The number of hydrogen-bond acceptors (Lipinski definition) is 3. The topological polar surface area (TPSA) is 32.7 Å². The number of nitrogens with zero attached hydrogens (tertiary/aromatic N) is 1. The van der Waals surface area contributed by atoms with Gasteiger partial charge in [-0.05, 0) is 62.0 Å². The van der Waals surface area contributed by atoms with Gasteiger partial charge in [0.25, 0.3) is 0 Å². The first-order valence-corrected chi connectivity index (χ1v) is 8.80. The predicted molar refractivity (Wildman–Crippen MR) is 97.1 cm³/mol. The average Bonchev–Trinajstić information content (AvgIpc) is 2.68. The molecule has 0 aromatic heterocycles. The highest BCUT2D eigenvalue weighted by atomic mass is 16.5. The predicted octanol–water partition coefficient (Wildman–Crippen LogP) is 4.20. The molecule has 1 heterocycles. The van der Waals surface area contributed by atoms with E-state index in [0.717, 1.165) is 37.2 Å². The van der Waals surface area contributed by atoms with Crippen molar-refractivity contribution in [3.63, 3.8) is 0 Å². The first-order valence-electron chi connectivity index (χ1n) is 8.80. The number of hydrogen-bond donors (Lipinski definition) is 1. The summed E-state index contributed by atoms with van der Waals surface area (Å²) in [5.41, 5.74) is 2.36. The maximum Gasteiger partial charge on any atom is 0.118 e. The lowest BCUT2D eigenvalue weighted by Gasteiger charge is -2.38. The second-order valence-corrected chi connectivity index (χ2v) is 6.68. The van der Waals surface area contributed by atoms with Crippen LogP contribution in [0.15, 0.2) is 54.6 Å². The molecule has 2 aromatic carbocycles. The highest BCUT2D eigenvalue weighted by Crippen LogP contribution is 2.33. The Morgan fingerprint density at radius 1 is 0.958 bits per heavy atom. The molecule has 3 nitrogen and oxygen atoms in total. The van der Waals surface area contributed by atoms with Crippen molar-refractivity contribution in [3.05, 3.63) is 65.7 Å². The van der Waals surface area contributed by atoms with Gasteiger partial charge in [0.2, 0.25) is 0 Å². The van der Waals surface area contributed by atoms with E-state index in [-0.39, 0.29) is 6.10 Å². The van der Waals surface area contributed by atoms with Crippen molar-refractivity contribution in [3.8, 4) is 5.75 Å². The van der Waals surface area contributed by atoms with E-state index in [9.17, 15) is 5.11 Å². The van der Waals surface area contributed by atoms with Gasteiger partial charge in [0.05, 0.1) is 13.2 Å². The molecule has 0 radical (unpaired) electrons. The van der Waals surface area contributed by atoms with E-state index in [1.807, 2.05) is 42.5 Å². The van der Waals surface area contributed by atoms with Crippen molar-refractivity contribution < 1.29 is 9.84 Å². The summed E-state index contributed by atoms with van der Waals surface area (Å²) in [6.45, 7) is 4.32. The lowest BCUT2D eigenvalue weighted by molar-refractivity contribution is 0.0472. The minimum Gasteiger partial charge on any atom is -0.497 e. The van der Waals surface area contributed by atoms with Gasteiger partial charge in [-0.1, -0.05) is 42.5 Å². The number of ether oxygens (including phenoxy) is 1. The zero-order valence-electron chi connectivity index (χ0n) is 14.6. The molecule has 3 heteroatoms. The van der Waals surface area contributed by atoms with E-state index < -0.39 is 0 Å². The Morgan fingerprint density at radius 3 is 2.17 bits per heavy atom. The van der Waals surface area contributed by atoms with Gasteiger partial charge in [0.1, 0.15) is 5.75 Å². The van der Waals surface area contributed by atoms with Crippen molar-refractivity contribution in [1.82, 2.24) is 4.90 Å². The Labute approximate surface area is 144 Å². The third kappa shape index (κ3) is 3.80. The van der Waals surface area contributed by atoms with Gasteiger partial charge in [0.15, 0.2) is 0 Å². The molecule has 0 saturated carbocycles. The first kappa shape index (κ1) is 17.0. The van der Waals surface area contributed by atoms with Crippen molar-refractivity contribution in [2.24, 2.45) is 5.92 Å². The third-order valence-corrected chi connectivity index (χ3v) is 5.31. The summed E-state index contributed by atoms with van der Waals surface area (Å²) in [4.78, 5) is 2.51. The van der Waals surface area contributed by atoms with E-state index >= 15 is 0 Å². The summed E-state index contributed by atoms with van der Waals surface area (Å²) >= 11 is 0. The molecular formula is C21H27NO2. The van der Waals surface area contributed by atoms with Crippen LogP contribution >= 0.6 is 0 Å². The number of rotatable bonds is 5. The largest absolute Gasteiger partial charge is 0.497 e. The first-order chi connectivity index (χ1) is 11.7. The lowest BCUT2D eigenvalue weighted by Crippen LogP contribution is -2.37. The van der Waals surface area contributed by atoms with Gasteiger partial charge in [0, 0.05) is 6.04 Å². The van der Waals surface area contributed by atoms with Gasteiger partial charge in [-0.2, -0.15) is 0 Å². The monoisotopic (exact) mass is 325 g/mol. The van der Waals surface area contributed by atoms with Gasteiger partial charge in [-0.25, -0.2) is 0 Å². The highest BCUT2D eigenvalue weighted by molar-refractivity contribution is 5.29. The van der Waals surface area contributed by atoms with Gasteiger partial charge >= 0.3 is 0 Å². The number of aliphatic hydroxyl groups is 1. The fourth-order valence-electron chi connectivity index (χ4n) is 3.64. The number of likely N-dealkylation sites (tertiary alicyclic amines) is 1. The van der Waals surface area contributed by atoms with Crippen LogP contribution in [0, 0.1) is 5.92 Å². The van der Waals surface area contributed by atoms with Crippen LogP contribution in [-0.2, 0) is 0 Å². The normalized spacial score (nSPS) is 19.0. The Balaban J connectivity index is 1.58. The maximum atomic E-state index is 10.6. The number of piperidine rings is 1. The second-order valence-electron chi connectivity index (χ2n) is 6.68. The number of benzene rings is 2. The summed E-state index contributed by atoms with van der Waals surface area (Å²) in [5, 5.41) is 10.6. The molecule has 2 aromatic rings. The van der Waals surface area contributed by atoms with E-state index in [4.69, 9.17) is 4.74 Å². The van der Waals surface area contributed by atoms with Crippen LogP contribution in [-0.4, -0.2) is 30.2 Å². The smallest absolute Gasteiger partial charge is 0.118 e. The van der Waals surface area contributed by atoms with Gasteiger partial charge < -0.3 is 9.84 Å². The molecule has 1 fully saturated rings. The molecule has 0 bridgehead atoms. The number of methoxy groups -OCH3 is 1. The zero-order valence-corrected chi connectivity index (χ0v) is 14.6.